The molecule has 1 aliphatic heterocycles. The van der Waals surface area contributed by atoms with E-state index in [1.54, 1.807) is 0 Å². The van der Waals surface area contributed by atoms with Crippen LogP contribution in [0.3, 0.4) is 0 Å². The van der Waals surface area contributed by atoms with Crippen molar-refractivity contribution in [1.82, 2.24) is 5.32 Å². The Kier molecular flexibility index (Phi) is 3.41. The summed E-state index contributed by atoms with van der Waals surface area (Å²) < 4.78 is 5.39. The van der Waals surface area contributed by atoms with E-state index in [0.29, 0.717) is 11.5 Å². The van der Waals surface area contributed by atoms with E-state index in [1.165, 1.54) is 25.7 Å². The molecular weight excluding hydrogens is 200 g/mol. The topological polar surface area (TPSA) is 33.6 Å². The zero-order valence-electron chi connectivity index (χ0n) is 10.8. The van der Waals surface area contributed by atoms with E-state index < -0.39 is 0 Å². The van der Waals surface area contributed by atoms with Gasteiger partial charge in [-0.25, -0.2) is 4.99 Å². The van der Waals surface area contributed by atoms with Crippen molar-refractivity contribution in [2.75, 3.05) is 13.2 Å². The second-order valence-electron chi connectivity index (χ2n) is 6.09. The molecule has 1 saturated carbocycles. The van der Waals surface area contributed by atoms with Crippen LogP contribution in [0.25, 0.3) is 0 Å². The first-order valence-corrected chi connectivity index (χ1v) is 6.49. The summed E-state index contributed by atoms with van der Waals surface area (Å²) in [5, 5.41) is 3.42. The van der Waals surface area contributed by atoms with Crippen LogP contribution in [0.15, 0.2) is 4.99 Å². The van der Waals surface area contributed by atoms with Gasteiger partial charge in [-0.05, 0) is 37.0 Å². The molecule has 16 heavy (non-hydrogen) atoms. The normalized spacial score (nSPS) is 30.8. The second kappa shape index (κ2) is 4.64. The number of amidine groups is 1. The molecule has 0 aromatic carbocycles. The van der Waals surface area contributed by atoms with E-state index in [9.17, 15) is 0 Å². The standard InChI is InChI=1S/C13H24N2O/c1-13(2,3)10-4-6-11(7-5-10)15-12-14-8-9-16-12/h10-11H,4-9H2,1-3H3,(H,14,15). The van der Waals surface area contributed by atoms with Crippen LogP contribution < -0.4 is 5.32 Å². The van der Waals surface area contributed by atoms with Gasteiger partial charge in [-0.2, -0.15) is 0 Å². The monoisotopic (exact) mass is 224 g/mol. The van der Waals surface area contributed by atoms with Crippen LogP contribution in [0.5, 0.6) is 0 Å². The summed E-state index contributed by atoms with van der Waals surface area (Å²) in [6.07, 6.45) is 5.16. The minimum absolute atomic E-state index is 0.465. The van der Waals surface area contributed by atoms with Gasteiger partial charge in [0.25, 0.3) is 6.02 Å². The molecule has 1 heterocycles. The van der Waals surface area contributed by atoms with E-state index in [4.69, 9.17) is 4.74 Å². The van der Waals surface area contributed by atoms with E-state index in [-0.39, 0.29) is 0 Å². The molecule has 1 fully saturated rings. The van der Waals surface area contributed by atoms with Gasteiger partial charge in [0.15, 0.2) is 0 Å². The van der Waals surface area contributed by atoms with Crippen molar-refractivity contribution in [3.05, 3.63) is 0 Å². The molecule has 0 aromatic rings. The van der Waals surface area contributed by atoms with Crippen molar-refractivity contribution < 1.29 is 4.74 Å². The van der Waals surface area contributed by atoms with Crippen LogP contribution in [0.1, 0.15) is 46.5 Å². The fourth-order valence-corrected chi connectivity index (χ4v) is 2.70. The summed E-state index contributed by atoms with van der Waals surface area (Å²) in [6.45, 7) is 8.64. The first kappa shape index (κ1) is 11.7. The summed E-state index contributed by atoms with van der Waals surface area (Å²) in [4.78, 5) is 4.28. The molecule has 0 spiro atoms. The van der Waals surface area contributed by atoms with Crippen molar-refractivity contribution >= 4 is 6.02 Å². The van der Waals surface area contributed by atoms with Gasteiger partial charge in [-0.15, -0.1) is 0 Å². The Balaban J connectivity index is 1.77. The maximum Gasteiger partial charge on any atom is 0.285 e. The molecule has 92 valence electrons. The van der Waals surface area contributed by atoms with Crippen molar-refractivity contribution in [2.45, 2.75) is 52.5 Å². The predicted molar refractivity (Wildman–Crippen MR) is 66.6 cm³/mol. The Morgan fingerprint density at radius 2 is 1.88 bits per heavy atom. The SMILES string of the molecule is CC(C)(C)C1CCC(NC2=NCCO2)CC1. The molecule has 0 saturated heterocycles. The van der Waals surface area contributed by atoms with E-state index in [1.807, 2.05) is 0 Å². The highest BCUT2D eigenvalue weighted by Crippen LogP contribution is 2.37. The van der Waals surface area contributed by atoms with Crippen LogP contribution in [0.4, 0.5) is 0 Å². The highest BCUT2D eigenvalue weighted by molar-refractivity contribution is 5.75. The lowest BCUT2D eigenvalue weighted by molar-refractivity contribution is 0.163. The number of nitrogens with one attached hydrogen (secondary N) is 1. The molecule has 2 aliphatic rings. The fourth-order valence-electron chi connectivity index (χ4n) is 2.70. The molecule has 0 aromatic heterocycles. The van der Waals surface area contributed by atoms with Gasteiger partial charge in [0, 0.05) is 6.04 Å². The third kappa shape index (κ3) is 2.89. The van der Waals surface area contributed by atoms with Crippen molar-refractivity contribution in [2.24, 2.45) is 16.3 Å². The Morgan fingerprint density at radius 1 is 1.19 bits per heavy atom. The zero-order valence-corrected chi connectivity index (χ0v) is 10.8. The number of hydrogen-bond acceptors (Lipinski definition) is 3. The minimum atomic E-state index is 0.465. The average Bonchev–Trinajstić information content (AvgIpc) is 2.70. The van der Waals surface area contributed by atoms with Gasteiger partial charge in [0.1, 0.15) is 6.61 Å². The minimum Gasteiger partial charge on any atom is -0.463 e. The molecule has 0 bridgehead atoms. The van der Waals surface area contributed by atoms with Crippen molar-refractivity contribution in [1.29, 1.82) is 0 Å². The first-order chi connectivity index (χ1) is 7.55. The number of hydrogen-bond donors (Lipinski definition) is 1. The molecule has 2 rings (SSSR count). The highest BCUT2D eigenvalue weighted by atomic mass is 16.5. The summed E-state index contributed by atoms with van der Waals surface area (Å²) in [7, 11) is 0. The van der Waals surface area contributed by atoms with Gasteiger partial charge in [-0.1, -0.05) is 20.8 Å². The lowest BCUT2D eigenvalue weighted by atomic mass is 9.71. The van der Waals surface area contributed by atoms with Crippen LogP contribution in [0, 0.1) is 11.3 Å². The van der Waals surface area contributed by atoms with Gasteiger partial charge in [0.05, 0.1) is 6.54 Å². The Labute approximate surface area is 98.7 Å². The Hall–Kier alpha value is -0.730. The maximum absolute atomic E-state index is 5.39. The molecule has 0 atom stereocenters. The summed E-state index contributed by atoms with van der Waals surface area (Å²) in [6, 6.07) is 1.36. The average molecular weight is 224 g/mol. The number of ether oxygens (including phenoxy) is 1. The smallest absolute Gasteiger partial charge is 0.285 e. The third-order valence-corrected chi connectivity index (χ3v) is 3.87. The molecule has 1 N–H and O–H groups in total. The quantitative estimate of drug-likeness (QED) is 0.742. The molecule has 0 unspecified atom stereocenters. The van der Waals surface area contributed by atoms with Gasteiger partial charge < -0.3 is 10.1 Å². The van der Waals surface area contributed by atoms with Gasteiger partial charge in [-0.3, -0.25) is 0 Å². The summed E-state index contributed by atoms with van der Waals surface area (Å²) in [5.74, 6) is 0.872. The molecular formula is C13H24N2O. The first-order valence-electron chi connectivity index (χ1n) is 6.49. The van der Waals surface area contributed by atoms with E-state index in [0.717, 1.165) is 25.1 Å². The Bertz CT molecular complexity index is 260. The predicted octanol–water partition coefficient (Wildman–Crippen LogP) is 2.57. The molecule has 0 amide bonds. The number of aliphatic imine (C=N–C) groups is 1. The molecule has 1 aliphatic carbocycles. The molecule has 0 radical (unpaired) electrons. The molecule has 3 nitrogen and oxygen atoms in total. The number of nitrogens with zero attached hydrogens (tertiary/aromatic N) is 1. The van der Waals surface area contributed by atoms with E-state index >= 15 is 0 Å². The largest absolute Gasteiger partial charge is 0.463 e. The van der Waals surface area contributed by atoms with Crippen LogP contribution in [0.2, 0.25) is 0 Å². The molecule has 3 heteroatoms. The third-order valence-electron chi connectivity index (χ3n) is 3.87. The van der Waals surface area contributed by atoms with Gasteiger partial charge >= 0.3 is 0 Å². The fraction of sp³-hybridized carbons (Fsp3) is 0.923. The summed E-state index contributed by atoms with van der Waals surface area (Å²) in [5.41, 5.74) is 0.465. The highest BCUT2D eigenvalue weighted by Gasteiger charge is 2.30. The maximum atomic E-state index is 5.39. The van der Waals surface area contributed by atoms with Crippen LogP contribution >= 0.6 is 0 Å². The lowest BCUT2D eigenvalue weighted by Crippen LogP contribution is -2.39. The zero-order chi connectivity index (χ0) is 11.6. The van der Waals surface area contributed by atoms with Crippen molar-refractivity contribution in [3.63, 3.8) is 0 Å². The van der Waals surface area contributed by atoms with Crippen LogP contribution in [-0.4, -0.2) is 25.2 Å². The summed E-state index contributed by atoms with van der Waals surface area (Å²) >= 11 is 0. The van der Waals surface area contributed by atoms with Gasteiger partial charge in [0.2, 0.25) is 0 Å². The Morgan fingerprint density at radius 3 is 2.38 bits per heavy atom. The van der Waals surface area contributed by atoms with Crippen molar-refractivity contribution in [3.8, 4) is 0 Å². The second-order valence-corrected chi connectivity index (χ2v) is 6.09. The number of rotatable bonds is 1. The van der Waals surface area contributed by atoms with E-state index in [2.05, 4.69) is 31.1 Å². The van der Waals surface area contributed by atoms with Crippen LogP contribution in [-0.2, 0) is 4.74 Å². The lowest BCUT2D eigenvalue weighted by Gasteiger charge is -2.37.